The van der Waals surface area contributed by atoms with Crippen molar-refractivity contribution in [2.75, 3.05) is 6.54 Å². The third-order valence-electron chi connectivity index (χ3n) is 5.28. The molecule has 150 valence electrons. The van der Waals surface area contributed by atoms with Gasteiger partial charge in [-0.3, -0.25) is 4.79 Å². The van der Waals surface area contributed by atoms with Crippen molar-refractivity contribution < 1.29 is 18.7 Å². The van der Waals surface area contributed by atoms with E-state index < -0.39 is 17.5 Å². The monoisotopic (exact) mass is 397 g/mol. The second-order valence-electron chi connectivity index (χ2n) is 7.52. The number of halogens is 2. The number of hydrogen-bond donors (Lipinski definition) is 1. The highest BCUT2D eigenvalue weighted by Gasteiger charge is 2.29. The number of amides is 1. The molecule has 29 heavy (non-hydrogen) atoms. The molecule has 1 amide bonds. The molecule has 0 saturated heterocycles. The Kier molecular flexibility index (Phi) is 4.82. The van der Waals surface area contributed by atoms with Crippen LogP contribution in [0.3, 0.4) is 0 Å². The minimum atomic E-state index is -0.542. The average molecular weight is 397 g/mol. The fraction of sp³-hybridized carbons (Fsp3) is 0.273. The van der Waals surface area contributed by atoms with E-state index in [2.05, 4.69) is 18.9 Å². The Morgan fingerprint density at radius 1 is 1.14 bits per heavy atom. The van der Waals surface area contributed by atoms with Gasteiger partial charge in [0.15, 0.2) is 11.4 Å². The minimum absolute atomic E-state index is 0.0626. The highest BCUT2D eigenvalue weighted by molar-refractivity contribution is 5.95. The van der Waals surface area contributed by atoms with Crippen molar-refractivity contribution >= 4 is 5.91 Å². The summed E-state index contributed by atoms with van der Waals surface area (Å²) in [5.41, 5.74) is 2.20. The molecule has 0 radical (unpaired) electrons. The van der Waals surface area contributed by atoms with Gasteiger partial charge < -0.3 is 10.0 Å². The van der Waals surface area contributed by atoms with Crippen LogP contribution in [0.4, 0.5) is 8.78 Å². The Labute approximate surface area is 167 Å². The molecule has 1 N–H and O–H groups in total. The summed E-state index contributed by atoms with van der Waals surface area (Å²) in [6.45, 7) is 4.31. The Hall–Kier alpha value is -3.22. The SMILES string of the molecule is CC(C)c1cccc(-n2cc(O)c(C(=O)N3CCc4c(F)ccc(F)c4C3)n2)c1. The minimum Gasteiger partial charge on any atom is -0.504 e. The van der Waals surface area contributed by atoms with Gasteiger partial charge in [-0.05, 0) is 47.7 Å². The molecular weight excluding hydrogens is 376 g/mol. The molecule has 7 heteroatoms. The predicted molar refractivity (Wildman–Crippen MR) is 104 cm³/mol. The number of carbonyl (C=O) groups is 1. The Morgan fingerprint density at radius 3 is 2.59 bits per heavy atom. The first kappa shape index (κ1) is 19.1. The molecule has 0 spiro atoms. The van der Waals surface area contributed by atoms with E-state index in [1.165, 1.54) is 15.8 Å². The van der Waals surface area contributed by atoms with Gasteiger partial charge in [0.05, 0.1) is 11.9 Å². The molecular formula is C22H21F2N3O2. The summed E-state index contributed by atoms with van der Waals surface area (Å²) < 4.78 is 29.5. The maximum absolute atomic E-state index is 14.1. The lowest BCUT2D eigenvalue weighted by Crippen LogP contribution is -2.37. The van der Waals surface area contributed by atoms with E-state index in [9.17, 15) is 18.7 Å². The number of rotatable bonds is 3. The van der Waals surface area contributed by atoms with Crippen LogP contribution in [-0.4, -0.2) is 32.2 Å². The fourth-order valence-corrected chi connectivity index (χ4v) is 3.59. The lowest BCUT2D eigenvalue weighted by molar-refractivity contribution is 0.0721. The summed E-state index contributed by atoms with van der Waals surface area (Å²) in [5, 5.41) is 14.6. The molecule has 3 aromatic rings. The molecule has 0 saturated carbocycles. The standard InChI is InChI=1S/C22H21F2N3O2/c1-13(2)14-4-3-5-15(10-14)27-12-20(28)21(25-27)22(29)26-9-8-16-17(11-26)19(24)7-6-18(16)23/h3-7,10,12-13,28H,8-9,11H2,1-2H3. The molecule has 1 aliphatic rings. The van der Waals surface area contributed by atoms with Crippen LogP contribution in [0.1, 0.15) is 46.9 Å². The van der Waals surface area contributed by atoms with Crippen LogP contribution in [0.2, 0.25) is 0 Å². The van der Waals surface area contributed by atoms with Crippen molar-refractivity contribution in [2.45, 2.75) is 32.7 Å². The Bertz CT molecular complexity index is 1090. The van der Waals surface area contributed by atoms with Gasteiger partial charge in [-0.1, -0.05) is 26.0 Å². The molecule has 0 bridgehead atoms. The second kappa shape index (κ2) is 7.31. The molecule has 1 aromatic heterocycles. The number of aromatic hydroxyl groups is 1. The van der Waals surface area contributed by atoms with Crippen molar-refractivity contribution in [3.05, 3.63) is 76.6 Å². The van der Waals surface area contributed by atoms with E-state index in [0.29, 0.717) is 11.5 Å². The number of nitrogens with zero attached hydrogens (tertiary/aromatic N) is 3. The smallest absolute Gasteiger partial charge is 0.278 e. The molecule has 0 fully saturated rings. The number of aromatic nitrogens is 2. The van der Waals surface area contributed by atoms with Gasteiger partial charge in [-0.15, -0.1) is 0 Å². The van der Waals surface area contributed by atoms with Crippen molar-refractivity contribution in [1.29, 1.82) is 0 Å². The van der Waals surface area contributed by atoms with E-state index in [1.807, 2.05) is 24.3 Å². The molecule has 2 heterocycles. The highest BCUT2D eigenvalue weighted by Crippen LogP contribution is 2.27. The van der Waals surface area contributed by atoms with Gasteiger partial charge in [0.25, 0.3) is 5.91 Å². The molecule has 0 atom stereocenters. The van der Waals surface area contributed by atoms with Crippen LogP contribution in [-0.2, 0) is 13.0 Å². The predicted octanol–water partition coefficient (Wildman–Crippen LogP) is 4.18. The highest BCUT2D eigenvalue weighted by atomic mass is 19.1. The van der Waals surface area contributed by atoms with Gasteiger partial charge in [-0.2, -0.15) is 5.10 Å². The van der Waals surface area contributed by atoms with Crippen LogP contribution in [0.5, 0.6) is 5.75 Å². The van der Waals surface area contributed by atoms with E-state index in [1.54, 1.807) is 0 Å². The Morgan fingerprint density at radius 2 is 1.86 bits per heavy atom. The zero-order valence-corrected chi connectivity index (χ0v) is 16.2. The summed E-state index contributed by atoms with van der Waals surface area (Å²) in [7, 11) is 0. The van der Waals surface area contributed by atoms with Crippen molar-refractivity contribution in [2.24, 2.45) is 0 Å². The lowest BCUT2D eigenvalue weighted by atomic mass is 9.98. The molecule has 2 aromatic carbocycles. The van der Waals surface area contributed by atoms with Gasteiger partial charge >= 0.3 is 0 Å². The zero-order chi connectivity index (χ0) is 20.7. The third-order valence-corrected chi connectivity index (χ3v) is 5.28. The first-order chi connectivity index (χ1) is 13.8. The largest absolute Gasteiger partial charge is 0.504 e. The zero-order valence-electron chi connectivity index (χ0n) is 16.2. The number of fused-ring (bicyclic) bond motifs is 1. The normalized spacial score (nSPS) is 13.6. The third kappa shape index (κ3) is 3.48. The summed E-state index contributed by atoms with van der Waals surface area (Å²) in [5.74, 6) is -1.46. The van der Waals surface area contributed by atoms with Crippen molar-refractivity contribution in [1.82, 2.24) is 14.7 Å². The lowest BCUT2D eigenvalue weighted by Gasteiger charge is -2.28. The summed E-state index contributed by atoms with van der Waals surface area (Å²) >= 11 is 0. The quantitative estimate of drug-likeness (QED) is 0.721. The van der Waals surface area contributed by atoms with E-state index in [0.717, 1.165) is 23.4 Å². The van der Waals surface area contributed by atoms with Crippen LogP contribution >= 0.6 is 0 Å². The van der Waals surface area contributed by atoms with Crippen LogP contribution in [0, 0.1) is 11.6 Å². The summed E-state index contributed by atoms with van der Waals surface area (Å²) in [6, 6.07) is 9.84. The molecule has 5 nitrogen and oxygen atoms in total. The van der Waals surface area contributed by atoms with Crippen molar-refractivity contribution in [3.63, 3.8) is 0 Å². The van der Waals surface area contributed by atoms with E-state index in [-0.39, 0.29) is 36.5 Å². The summed E-state index contributed by atoms with van der Waals surface area (Å²) in [6.07, 6.45) is 1.59. The second-order valence-corrected chi connectivity index (χ2v) is 7.52. The van der Waals surface area contributed by atoms with Crippen molar-refractivity contribution in [3.8, 4) is 11.4 Å². The number of benzene rings is 2. The van der Waals surface area contributed by atoms with Gasteiger partial charge in [-0.25, -0.2) is 13.5 Å². The molecule has 0 aliphatic carbocycles. The maximum Gasteiger partial charge on any atom is 0.278 e. The van der Waals surface area contributed by atoms with Crippen LogP contribution in [0.15, 0.2) is 42.6 Å². The topological polar surface area (TPSA) is 58.4 Å². The van der Waals surface area contributed by atoms with Gasteiger partial charge in [0.1, 0.15) is 11.6 Å². The first-order valence-electron chi connectivity index (χ1n) is 9.49. The maximum atomic E-state index is 14.1. The summed E-state index contributed by atoms with van der Waals surface area (Å²) in [4.78, 5) is 14.3. The van der Waals surface area contributed by atoms with Gasteiger partial charge in [0.2, 0.25) is 0 Å². The number of hydrogen-bond acceptors (Lipinski definition) is 3. The van der Waals surface area contributed by atoms with Gasteiger partial charge in [0, 0.05) is 18.7 Å². The van der Waals surface area contributed by atoms with Crippen LogP contribution < -0.4 is 0 Å². The number of carbonyl (C=O) groups excluding carboxylic acids is 1. The van der Waals surface area contributed by atoms with E-state index >= 15 is 0 Å². The average Bonchev–Trinajstić information content (AvgIpc) is 3.12. The fourth-order valence-electron chi connectivity index (χ4n) is 3.59. The van der Waals surface area contributed by atoms with E-state index in [4.69, 9.17) is 0 Å². The molecule has 4 rings (SSSR count). The Balaban J connectivity index is 1.62. The first-order valence-corrected chi connectivity index (χ1v) is 9.49. The van der Waals surface area contributed by atoms with Crippen LogP contribution in [0.25, 0.3) is 5.69 Å². The molecule has 1 aliphatic heterocycles. The molecule has 0 unspecified atom stereocenters.